The summed E-state index contributed by atoms with van der Waals surface area (Å²) in [5.74, 6) is -4.82. The third kappa shape index (κ3) is 13.2. The van der Waals surface area contributed by atoms with Crippen LogP contribution in [0.5, 0.6) is 0 Å². The molecule has 15 nitrogen and oxygen atoms in total. The number of urea groups is 1. The van der Waals surface area contributed by atoms with E-state index in [2.05, 4.69) is 27.8 Å². The van der Waals surface area contributed by atoms with E-state index in [1.54, 1.807) is 41.5 Å². The van der Waals surface area contributed by atoms with Gasteiger partial charge < -0.3 is 35.8 Å². The Labute approximate surface area is 356 Å². The van der Waals surface area contributed by atoms with Crippen molar-refractivity contribution in [2.24, 2.45) is 5.41 Å². The summed E-state index contributed by atoms with van der Waals surface area (Å²) in [4.78, 5) is 84.5. The maximum absolute atomic E-state index is 14.7. The molecule has 19 heteroatoms. The van der Waals surface area contributed by atoms with E-state index in [-0.39, 0.29) is 31.8 Å². The highest BCUT2D eigenvalue weighted by atomic mass is 32.2. The molecule has 0 aromatic heterocycles. The van der Waals surface area contributed by atoms with Crippen molar-refractivity contribution in [3.8, 4) is 0 Å². The van der Waals surface area contributed by atoms with E-state index >= 15 is 0 Å². The van der Waals surface area contributed by atoms with Gasteiger partial charge in [0.2, 0.25) is 17.6 Å². The number of amides is 6. The number of hydrogen-bond donors (Lipinski definition) is 4. The van der Waals surface area contributed by atoms with Gasteiger partial charge in [-0.3, -0.25) is 19.2 Å². The fraction of sp³-hybridized carbons (Fsp3) is 0.667. The largest absolute Gasteiger partial charge is 0.444 e. The van der Waals surface area contributed by atoms with Crippen LogP contribution in [0.15, 0.2) is 36.9 Å². The molecule has 1 saturated carbocycles. The maximum Gasteiger partial charge on any atom is 0.410 e. The zero-order chi connectivity index (χ0) is 45.6. The second kappa shape index (κ2) is 19.6. The Morgan fingerprint density at radius 1 is 0.967 bits per heavy atom. The summed E-state index contributed by atoms with van der Waals surface area (Å²) in [5.41, 5.74) is -0.179. The quantitative estimate of drug-likeness (QED) is 0.154. The average molecular weight is 883 g/mol. The number of Topliss-reactive ketones (excluding diaryl/α,β-unsaturated/α-hetero) is 1. The molecule has 6 amide bonds. The van der Waals surface area contributed by atoms with Gasteiger partial charge >= 0.3 is 18.3 Å². The van der Waals surface area contributed by atoms with Crippen LogP contribution in [-0.4, -0.2) is 120 Å². The topological polar surface area (TPSA) is 200 Å². The summed E-state index contributed by atoms with van der Waals surface area (Å²) in [6.45, 7) is 13.2. The monoisotopic (exact) mass is 882 g/mol. The molecule has 2 heterocycles. The van der Waals surface area contributed by atoms with Crippen LogP contribution < -0.4 is 21.3 Å². The Balaban J connectivity index is 1.63. The van der Waals surface area contributed by atoms with Crippen LogP contribution >= 0.6 is 0 Å². The highest BCUT2D eigenvalue weighted by Crippen LogP contribution is 2.34. The Kier molecular flexibility index (Phi) is 15.7. The van der Waals surface area contributed by atoms with Crippen molar-refractivity contribution in [3.05, 3.63) is 48.0 Å². The predicted molar refractivity (Wildman–Crippen MR) is 221 cm³/mol. The van der Waals surface area contributed by atoms with E-state index in [1.165, 1.54) is 11.0 Å². The number of benzene rings is 1. The van der Waals surface area contributed by atoms with Crippen molar-refractivity contribution in [2.75, 3.05) is 25.4 Å². The standard InChI is InChI=1S/C42H61F3N6O9S/c1-8-21-46-35(54)32(52)30(16-20-42(43,44)45)47-34(53)31-23-29(60-38(57)50-22-17-27-14-10-11-15-28(27)24-50)25-51(31)36(55)33(39(2,3)4)48-37(56)49-41(18-12-9-13-19-41)26-61(58,59)40(5,6)7/h8,10-11,14-15,29-31,33H,1,9,12-13,16-26H2,2-7H3,(H,46,54)(H,47,53)(H2,48,49,56). The van der Waals surface area contributed by atoms with Gasteiger partial charge in [0.1, 0.15) is 18.2 Å². The van der Waals surface area contributed by atoms with E-state index in [0.717, 1.165) is 22.4 Å². The van der Waals surface area contributed by atoms with Crippen molar-refractivity contribution in [1.82, 2.24) is 31.1 Å². The van der Waals surface area contributed by atoms with Crippen molar-refractivity contribution in [3.63, 3.8) is 0 Å². The summed E-state index contributed by atoms with van der Waals surface area (Å²) in [6.07, 6.45) is -4.65. The first kappa shape index (κ1) is 49.0. The lowest BCUT2D eigenvalue weighted by atomic mass is 9.83. The van der Waals surface area contributed by atoms with Crippen molar-refractivity contribution >= 4 is 45.5 Å². The minimum atomic E-state index is -4.75. The number of sulfone groups is 1. The average Bonchev–Trinajstić information content (AvgIpc) is 3.59. The van der Waals surface area contributed by atoms with Gasteiger partial charge in [-0.15, -0.1) is 6.58 Å². The lowest BCUT2D eigenvalue weighted by Crippen LogP contribution is -2.63. The number of hydrogen-bond acceptors (Lipinski definition) is 9. The number of alkyl halides is 3. The summed E-state index contributed by atoms with van der Waals surface area (Å²) >= 11 is 0. The molecule has 1 aromatic carbocycles. The van der Waals surface area contributed by atoms with Gasteiger partial charge in [0.05, 0.1) is 28.6 Å². The number of likely N-dealkylation sites (tertiary alicyclic amines) is 1. The highest BCUT2D eigenvalue weighted by Gasteiger charge is 2.49. The Morgan fingerprint density at radius 3 is 2.20 bits per heavy atom. The van der Waals surface area contributed by atoms with Crippen LogP contribution in [0.25, 0.3) is 0 Å². The number of ether oxygens (including phenoxy) is 1. The second-order valence-electron chi connectivity index (χ2n) is 18.4. The summed E-state index contributed by atoms with van der Waals surface area (Å²) in [6, 6.07) is 1.92. The van der Waals surface area contributed by atoms with Crippen molar-refractivity contribution < 1.29 is 55.1 Å². The normalized spacial score (nSPS) is 20.3. The molecule has 4 unspecified atom stereocenters. The predicted octanol–water partition coefficient (Wildman–Crippen LogP) is 4.48. The smallest absolute Gasteiger partial charge is 0.410 e. The third-order valence-corrected chi connectivity index (χ3v) is 14.3. The first-order valence-electron chi connectivity index (χ1n) is 20.7. The lowest BCUT2D eigenvalue weighted by molar-refractivity contribution is -0.147. The first-order chi connectivity index (χ1) is 28.3. The van der Waals surface area contributed by atoms with Gasteiger partial charge in [-0.1, -0.05) is 70.4 Å². The summed E-state index contributed by atoms with van der Waals surface area (Å²) < 4.78 is 71.8. The van der Waals surface area contributed by atoms with Gasteiger partial charge in [0.15, 0.2) is 9.84 Å². The minimum absolute atomic E-state index is 0.173. The zero-order valence-corrected chi connectivity index (χ0v) is 36.7. The van der Waals surface area contributed by atoms with Gasteiger partial charge in [0.25, 0.3) is 5.91 Å². The molecule has 4 N–H and O–H groups in total. The number of fused-ring (bicyclic) bond motifs is 1. The molecule has 340 valence electrons. The molecule has 61 heavy (non-hydrogen) atoms. The molecule has 3 aliphatic rings. The van der Waals surface area contributed by atoms with E-state index in [9.17, 15) is 50.4 Å². The molecule has 1 saturated heterocycles. The van der Waals surface area contributed by atoms with Crippen molar-refractivity contribution in [1.29, 1.82) is 0 Å². The number of nitrogens with one attached hydrogen (secondary N) is 4. The van der Waals surface area contributed by atoms with Gasteiger partial charge in [0, 0.05) is 32.5 Å². The van der Waals surface area contributed by atoms with Crippen LogP contribution in [0.4, 0.5) is 22.8 Å². The van der Waals surface area contributed by atoms with Crippen molar-refractivity contribution in [2.45, 2.75) is 147 Å². The molecule has 4 rings (SSSR count). The molecular weight excluding hydrogens is 822 g/mol. The fourth-order valence-electron chi connectivity index (χ4n) is 7.84. The fourth-order valence-corrected chi connectivity index (χ4v) is 9.36. The number of carbonyl (C=O) groups excluding carboxylic acids is 6. The lowest BCUT2D eigenvalue weighted by Gasteiger charge is -2.41. The van der Waals surface area contributed by atoms with E-state index in [0.29, 0.717) is 38.6 Å². The molecule has 1 aromatic rings. The second-order valence-corrected chi connectivity index (χ2v) is 21.1. The number of ketones is 1. The summed E-state index contributed by atoms with van der Waals surface area (Å²) in [5, 5.41) is 10.1. The third-order valence-electron chi connectivity index (χ3n) is 11.5. The van der Waals surface area contributed by atoms with E-state index in [4.69, 9.17) is 4.74 Å². The van der Waals surface area contributed by atoms with Gasteiger partial charge in [-0.25, -0.2) is 18.0 Å². The van der Waals surface area contributed by atoms with Gasteiger partial charge in [-0.05, 0) is 63.0 Å². The number of rotatable bonds is 14. The molecule has 2 fully saturated rings. The SMILES string of the molecule is C=CCNC(=O)C(=O)C(CCC(F)(F)F)NC(=O)C1CC(OC(=O)N2CCc3ccccc3C2)CN1C(=O)C(NC(=O)NC1(CS(=O)(=O)C(C)(C)C)CCCCC1)C(C)(C)C. The zero-order valence-electron chi connectivity index (χ0n) is 35.9. The molecule has 2 aliphatic heterocycles. The minimum Gasteiger partial charge on any atom is -0.444 e. The van der Waals surface area contributed by atoms with E-state index < -0.39 is 104 Å². The van der Waals surface area contributed by atoms with Crippen LogP contribution in [0.1, 0.15) is 104 Å². The number of halogens is 3. The Morgan fingerprint density at radius 2 is 1.61 bits per heavy atom. The van der Waals surface area contributed by atoms with E-state index in [1.807, 2.05) is 24.3 Å². The molecule has 0 spiro atoms. The molecular formula is C42H61F3N6O9S. The number of carbonyl (C=O) groups is 6. The maximum atomic E-state index is 14.7. The molecule has 1 aliphatic carbocycles. The van der Waals surface area contributed by atoms with Crippen LogP contribution in [0, 0.1) is 5.41 Å². The van der Waals surface area contributed by atoms with Crippen LogP contribution in [-0.2, 0) is 46.7 Å². The van der Waals surface area contributed by atoms with Gasteiger partial charge in [-0.2, -0.15) is 13.2 Å². The van der Waals surface area contributed by atoms with Crippen LogP contribution in [0.3, 0.4) is 0 Å². The molecule has 0 bridgehead atoms. The molecule has 0 radical (unpaired) electrons. The first-order valence-corrected chi connectivity index (χ1v) is 22.3. The molecule has 4 atom stereocenters. The van der Waals surface area contributed by atoms with Crippen LogP contribution in [0.2, 0.25) is 0 Å². The number of nitrogens with zero attached hydrogens (tertiary/aromatic N) is 2. The Bertz CT molecular complexity index is 1920. The summed E-state index contributed by atoms with van der Waals surface area (Å²) in [7, 11) is -3.71. The highest BCUT2D eigenvalue weighted by molar-refractivity contribution is 7.92. The Hall–Kier alpha value is -4.68.